The van der Waals surface area contributed by atoms with Gasteiger partial charge < -0.3 is 10.3 Å². The molecule has 2 aromatic heterocycles. The summed E-state index contributed by atoms with van der Waals surface area (Å²) >= 11 is 0. The highest BCUT2D eigenvalue weighted by Crippen LogP contribution is 2.49. The van der Waals surface area contributed by atoms with Gasteiger partial charge in [0, 0.05) is 22.7 Å². The zero-order valence-corrected chi connectivity index (χ0v) is 17.2. The van der Waals surface area contributed by atoms with Gasteiger partial charge in [-0.15, -0.1) is 10.2 Å². The Bertz CT molecular complexity index is 1360. The highest BCUT2D eigenvalue weighted by atomic mass is 19.4. The van der Waals surface area contributed by atoms with Gasteiger partial charge in [0.25, 0.3) is 0 Å². The molecule has 0 unspecified atom stereocenters. The van der Waals surface area contributed by atoms with Crippen LogP contribution >= 0.6 is 0 Å². The molecule has 2 aromatic carbocycles. The molecule has 0 spiro atoms. The van der Waals surface area contributed by atoms with Crippen LogP contribution in [-0.4, -0.2) is 19.7 Å². The number of para-hydroxylation sites is 1. The van der Waals surface area contributed by atoms with Gasteiger partial charge in [0.05, 0.1) is 28.0 Å². The summed E-state index contributed by atoms with van der Waals surface area (Å²) in [5.41, 5.74) is -1.08. The summed E-state index contributed by atoms with van der Waals surface area (Å²) in [5.74, 6) is -0.333. The number of rotatable bonds is 1. The second kappa shape index (κ2) is 6.09. The van der Waals surface area contributed by atoms with Gasteiger partial charge in [-0.05, 0) is 39.3 Å². The maximum absolute atomic E-state index is 15.4. The van der Waals surface area contributed by atoms with Gasteiger partial charge in [0.15, 0.2) is 5.82 Å². The maximum atomic E-state index is 15.4. The molecule has 0 aliphatic carbocycles. The summed E-state index contributed by atoms with van der Waals surface area (Å²) in [4.78, 5) is 3.00. The van der Waals surface area contributed by atoms with Crippen molar-refractivity contribution < 1.29 is 17.6 Å². The molecule has 160 valence electrons. The third kappa shape index (κ3) is 2.68. The summed E-state index contributed by atoms with van der Waals surface area (Å²) in [5, 5.41) is 11.8. The van der Waals surface area contributed by atoms with Crippen molar-refractivity contribution in [3.8, 4) is 16.8 Å². The molecule has 3 heterocycles. The smallest absolute Gasteiger partial charge is 0.371 e. The van der Waals surface area contributed by atoms with Crippen molar-refractivity contribution in [2.24, 2.45) is 0 Å². The third-order valence-electron chi connectivity index (χ3n) is 5.78. The molecule has 31 heavy (non-hydrogen) atoms. The van der Waals surface area contributed by atoms with Gasteiger partial charge in [-0.25, -0.2) is 4.39 Å². The lowest BCUT2D eigenvalue weighted by Crippen LogP contribution is -2.37. The first-order valence-corrected chi connectivity index (χ1v) is 9.72. The van der Waals surface area contributed by atoms with Gasteiger partial charge >= 0.3 is 6.18 Å². The predicted octanol–water partition coefficient (Wildman–Crippen LogP) is 5.85. The number of aromatic nitrogens is 4. The average Bonchev–Trinajstić information content (AvgIpc) is 3.24. The predicted molar refractivity (Wildman–Crippen MR) is 110 cm³/mol. The van der Waals surface area contributed by atoms with Crippen LogP contribution in [0, 0.1) is 19.7 Å². The van der Waals surface area contributed by atoms with Crippen LogP contribution < -0.4 is 5.32 Å². The molecule has 0 saturated heterocycles. The number of hydrogen-bond acceptors (Lipinski definition) is 3. The van der Waals surface area contributed by atoms with Crippen LogP contribution in [0.4, 0.5) is 23.2 Å². The van der Waals surface area contributed by atoms with Gasteiger partial charge in [-0.1, -0.05) is 18.2 Å². The Kier molecular flexibility index (Phi) is 3.85. The zero-order chi connectivity index (χ0) is 22.3. The number of halogens is 4. The molecule has 1 aliphatic rings. The van der Waals surface area contributed by atoms with Gasteiger partial charge in [0.2, 0.25) is 0 Å². The fraction of sp³-hybridized carbons (Fsp3) is 0.273. The van der Waals surface area contributed by atoms with E-state index in [1.165, 1.54) is 10.6 Å². The normalized spacial score (nSPS) is 15.0. The summed E-state index contributed by atoms with van der Waals surface area (Å²) < 4.78 is 60.5. The maximum Gasteiger partial charge on any atom is 0.419 e. The van der Waals surface area contributed by atoms with Crippen molar-refractivity contribution >= 4 is 16.6 Å². The van der Waals surface area contributed by atoms with E-state index in [1.54, 1.807) is 39.1 Å². The SMILES string of the molecule is Cc1c[nH]c2c(-c3c(F)cc4c(c3C(F)(F)F)-n3c(C)nnc3C(C)(C)N4)cccc12. The second-order valence-corrected chi connectivity index (χ2v) is 8.36. The number of fused-ring (bicyclic) bond motifs is 4. The number of anilines is 1. The molecule has 1 aliphatic heterocycles. The number of hydrogen-bond donors (Lipinski definition) is 2. The number of benzene rings is 2. The van der Waals surface area contributed by atoms with E-state index in [4.69, 9.17) is 0 Å². The Labute approximate surface area is 175 Å². The van der Waals surface area contributed by atoms with Crippen molar-refractivity contribution in [2.75, 3.05) is 5.32 Å². The molecule has 5 rings (SSSR count). The highest BCUT2D eigenvalue weighted by Gasteiger charge is 2.45. The number of H-pyrrole nitrogens is 1. The van der Waals surface area contributed by atoms with Crippen LogP contribution in [0.1, 0.15) is 36.6 Å². The second-order valence-electron chi connectivity index (χ2n) is 8.36. The van der Waals surface area contributed by atoms with E-state index in [0.717, 1.165) is 17.0 Å². The van der Waals surface area contributed by atoms with E-state index in [2.05, 4.69) is 20.5 Å². The van der Waals surface area contributed by atoms with Crippen LogP contribution in [0.3, 0.4) is 0 Å². The van der Waals surface area contributed by atoms with E-state index < -0.39 is 28.7 Å². The quantitative estimate of drug-likeness (QED) is 0.373. The Morgan fingerprint density at radius 3 is 2.55 bits per heavy atom. The van der Waals surface area contributed by atoms with E-state index in [0.29, 0.717) is 17.2 Å². The first kappa shape index (κ1) is 19.6. The molecule has 0 radical (unpaired) electrons. The first-order valence-electron chi connectivity index (χ1n) is 9.72. The monoisotopic (exact) mass is 429 g/mol. The average molecular weight is 429 g/mol. The number of alkyl halides is 3. The van der Waals surface area contributed by atoms with E-state index in [-0.39, 0.29) is 16.9 Å². The number of aryl methyl sites for hydroxylation is 2. The van der Waals surface area contributed by atoms with Gasteiger partial charge in [-0.2, -0.15) is 13.2 Å². The Morgan fingerprint density at radius 2 is 1.84 bits per heavy atom. The first-order chi connectivity index (χ1) is 14.5. The molecule has 5 nitrogen and oxygen atoms in total. The lowest BCUT2D eigenvalue weighted by Gasteiger charge is -2.36. The minimum absolute atomic E-state index is 0.0452. The summed E-state index contributed by atoms with van der Waals surface area (Å²) in [6, 6.07) is 6.05. The standard InChI is InChI=1S/C22H19F4N5/c1-10-9-27-18-12(10)6-5-7-13(18)16-14(23)8-15-19(17(16)22(24,25)26)31-11(2)29-30-20(31)21(3,4)28-15/h5-9,27-28H,1-4H3. The van der Waals surface area contributed by atoms with Crippen molar-refractivity contribution in [2.45, 2.75) is 39.4 Å². The molecule has 2 N–H and O–H groups in total. The summed E-state index contributed by atoms with van der Waals surface area (Å²) in [7, 11) is 0. The third-order valence-corrected chi connectivity index (χ3v) is 5.78. The fourth-order valence-electron chi connectivity index (χ4n) is 4.44. The van der Waals surface area contributed by atoms with Crippen molar-refractivity contribution in [3.63, 3.8) is 0 Å². The molecule has 0 fully saturated rings. The van der Waals surface area contributed by atoms with Crippen molar-refractivity contribution in [1.82, 2.24) is 19.7 Å². The molecular weight excluding hydrogens is 410 g/mol. The molecule has 0 saturated carbocycles. The van der Waals surface area contributed by atoms with Crippen LogP contribution in [0.2, 0.25) is 0 Å². The van der Waals surface area contributed by atoms with E-state index in [9.17, 15) is 13.2 Å². The van der Waals surface area contributed by atoms with Crippen LogP contribution in [0.25, 0.3) is 27.7 Å². The lowest BCUT2D eigenvalue weighted by molar-refractivity contribution is -0.137. The van der Waals surface area contributed by atoms with Gasteiger partial charge in [-0.3, -0.25) is 4.57 Å². The Hall–Kier alpha value is -3.36. The molecule has 0 amide bonds. The molecule has 9 heteroatoms. The Balaban J connectivity index is 1.95. The van der Waals surface area contributed by atoms with Crippen molar-refractivity contribution in [1.29, 1.82) is 0 Å². The lowest BCUT2D eigenvalue weighted by atomic mass is 9.91. The van der Waals surface area contributed by atoms with Gasteiger partial charge in [0.1, 0.15) is 11.6 Å². The van der Waals surface area contributed by atoms with Crippen molar-refractivity contribution in [3.05, 3.63) is 59.1 Å². The van der Waals surface area contributed by atoms with E-state index in [1.807, 2.05) is 6.92 Å². The number of nitrogens with one attached hydrogen (secondary N) is 2. The molecular formula is C22H19F4N5. The minimum Gasteiger partial charge on any atom is -0.371 e. The number of aromatic amines is 1. The highest BCUT2D eigenvalue weighted by molar-refractivity contribution is 5.98. The summed E-state index contributed by atoms with van der Waals surface area (Å²) in [6.45, 7) is 6.95. The molecule has 0 atom stereocenters. The molecule has 0 bridgehead atoms. The topological polar surface area (TPSA) is 58.5 Å². The largest absolute Gasteiger partial charge is 0.419 e. The molecule has 4 aromatic rings. The fourth-order valence-corrected chi connectivity index (χ4v) is 4.44. The Morgan fingerprint density at radius 1 is 1.10 bits per heavy atom. The minimum atomic E-state index is -4.83. The van der Waals surface area contributed by atoms with Crippen LogP contribution in [-0.2, 0) is 11.7 Å². The van der Waals surface area contributed by atoms with E-state index >= 15 is 4.39 Å². The van der Waals surface area contributed by atoms with Crippen LogP contribution in [0.15, 0.2) is 30.5 Å². The number of nitrogens with zero attached hydrogens (tertiary/aromatic N) is 3. The summed E-state index contributed by atoms with van der Waals surface area (Å²) in [6.07, 6.45) is -3.13. The van der Waals surface area contributed by atoms with Crippen LogP contribution in [0.5, 0.6) is 0 Å². The zero-order valence-electron chi connectivity index (χ0n) is 17.2.